The lowest BCUT2D eigenvalue weighted by molar-refractivity contribution is 0.352. The van der Waals surface area contributed by atoms with Crippen molar-refractivity contribution in [1.82, 2.24) is 10.3 Å². The largest absolute Gasteiger partial charge is 0.342 e. The van der Waals surface area contributed by atoms with Gasteiger partial charge in [-0.1, -0.05) is 37.5 Å². The SMILES string of the molecule is NNC(=Nc1ccccc1)N1CCCCCCC1. The Hall–Kier alpha value is -1.55. The lowest BCUT2D eigenvalue weighted by Gasteiger charge is -2.27. The molecule has 0 spiro atoms. The van der Waals surface area contributed by atoms with Crippen LogP contribution in [0.3, 0.4) is 0 Å². The summed E-state index contributed by atoms with van der Waals surface area (Å²) in [5.41, 5.74) is 3.68. The van der Waals surface area contributed by atoms with Gasteiger partial charge in [0.2, 0.25) is 5.96 Å². The zero-order chi connectivity index (χ0) is 12.6. The van der Waals surface area contributed by atoms with Crippen molar-refractivity contribution in [1.29, 1.82) is 0 Å². The fourth-order valence-corrected chi connectivity index (χ4v) is 2.28. The van der Waals surface area contributed by atoms with Crippen LogP contribution in [0.2, 0.25) is 0 Å². The number of guanidine groups is 1. The number of nitrogens with one attached hydrogen (secondary N) is 1. The summed E-state index contributed by atoms with van der Waals surface area (Å²) in [6.07, 6.45) is 6.40. The van der Waals surface area contributed by atoms with E-state index >= 15 is 0 Å². The van der Waals surface area contributed by atoms with Gasteiger partial charge in [0, 0.05) is 13.1 Å². The quantitative estimate of drug-likeness (QED) is 0.346. The summed E-state index contributed by atoms with van der Waals surface area (Å²) in [6.45, 7) is 2.08. The highest BCUT2D eigenvalue weighted by molar-refractivity contribution is 5.82. The van der Waals surface area contributed by atoms with Crippen LogP contribution in [0.15, 0.2) is 35.3 Å². The number of nitrogens with zero attached hydrogens (tertiary/aromatic N) is 2. The van der Waals surface area contributed by atoms with Crippen LogP contribution in [-0.4, -0.2) is 23.9 Å². The van der Waals surface area contributed by atoms with Gasteiger partial charge in [0.15, 0.2) is 0 Å². The fourth-order valence-electron chi connectivity index (χ4n) is 2.28. The van der Waals surface area contributed by atoms with Gasteiger partial charge >= 0.3 is 0 Å². The minimum absolute atomic E-state index is 0.781. The minimum Gasteiger partial charge on any atom is -0.342 e. The van der Waals surface area contributed by atoms with Crippen molar-refractivity contribution < 1.29 is 0 Å². The van der Waals surface area contributed by atoms with Gasteiger partial charge in [-0.05, 0) is 25.0 Å². The maximum Gasteiger partial charge on any atom is 0.213 e. The van der Waals surface area contributed by atoms with E-state index in [0.29, 0.717) is 0 Å². The Kier molecular flexibility index (Phi) is 5.02. The fraction of sp³-hybridized carbons (Fsp3) is 0.500. The van der Waals surface area contributed by atoms with E-state index in [1.54, 1.807) is 0 Å². The average molecular weight is 246 g/mol. The van der Waals surface area contributed by atoms with E-state index in [4.69, 9.17) is 5.84 Å². The molecule has 2 rings (SSSR count). The van der Waals surface area contributed by atoms with Crippen LogP contribution in [0.4, 0.5) is 5.69 Å². The van der Waals surface area contributed by atoms with Crippen molar-refractivity contribution in [2.24, 2.45) is 10.8 Å². The van der Waals surface area contributed by atoms with Crippen LogP contribution in [-0.2, 0) is 0 Å². The molecule has 0 aromatic heterocycles. The Balaban J connectivity index is 2.08. The van der Waals surface area contributed by atoms with Crippen LogP contribution in [0, 0.1) is 0 Å². The van der Waals surface area contributed by atoms with Gasteiger partial charge in [-0.15, -0.1) is 0 Å². The van der Waals surface area contributed by atoms with Gasteiger partial charge < -0.3 is 4.90 Å². The molecule has 1 aliphatic heterocycles. The summed E-state index contributed by atoms with van der Waals surface area (Å²) in [5.74, 6) is 6.40. The molecular weight excluding hydrogens is 224 g/mol. The lowest BCUT2D eigenvalue weighted by atomic mass is 10.1. The molecule has 1 aromatic carbocycles. The van der Waals surface area contributed by atoms with E-state index in [0.717, 1.165) is 24.7 Å². The predicted octanol–water partition coefficient (Wildman–Crippen LogP) is 2.40. The van der Waals surface area contributed by atoms with Crippen molar-refractivity contribution in [3.05, 3.63) is 30.3 Å². The standard InChI is InChI=1S/C14H22N4/c15-17-14(16-13-9-5-4-6-10-13)18-11-7-2-1-3-8-12-18/h4-6,9-10H,1-3,7-8,11-12,15H2,(H,16,17). The molecule has 4 nitrogen and oxygen atoms in total. The molecule has 0 amide bonds. The summed E-state index contributed by atoms with van der Waals surface area (Å²) in [7, 11) is 0. The maximum atomic E-state index is 5.62. The third kappa shape index (κ3) is 3.74. The molecule has 0 aliphatic carbocycles. The summed E-state index contributed by atoms with van der Waals surface area (Å²) >= 11 is 0. The second-order valence-electron chi connectivity index (χ2n) is 4.67. The van der Waals surface area contributed by atoms with Crippen LogP contribution < -0.4 is 11.3 Å². The highest BCUT2D eigenvalue weighted by Gasteiger charge is 2.12. The van der Waals surface area contributed by atoms with E-state index in [2.05, 4.69) is 15.3 Å². The van der Waals surface area contributed by atoms with Crippen LogP contribution >= 0.6 is 0 Å². The van der Waals surface area contributed by atoms with Crippen molar-refractivity contribution in [2.45, 2.75) is 32.1 Å². The monoisotopic (exact) mass is 246 g/mol. The number of likely N-dealkylation sites (tertiary alicyclic amines) is 1. The number of hydrogen-bond donors (Lipinski definition) is 2. The summed E-state index contributed by atoms with van der Waals surface area (Å²) in [5, 5.41) is 0. The van der Waals surface area contributed by atoms with Crippen LogP contribution in [0.25, 0.3) is 0 Å². The normalized spacial score (nSPS) is 18.1. The highest BCUT2D eigenvalue weighted by Crippen LogP contribution is 2.14. The number of aliphatic imine (C=N–C) groups is 1. The van der Waals surface area contributed by atoms with Crippen molar-refractivity contribution >= 4 is 11.6 Å². The number of benzene rings is 1. The molecule has 0 atom stereocenters. The molecule has 1 heterocycles. The average Bonchev–Trinajstić information content (AvgIpc) is 2.37. The third-order valence-corrected chi connectivity index (χ3v) is 3.28. The van der Waals surface area contributed by atoms with Gasteiger partial charge in [0.05, 0.1) is 5.69 Å². The van der Waals surface area contributed by atoms with E-state index in [-0.39, 0.29) is 0 Å². The molecule has 1 saturated heterocycles. The lowest BCUT2D eigenvalue weighted by Crippen LogP contribution is -2.45. The van der Waals surface area contributed by atoms with E-state index in [1.165, 1.54) is 32.1 Å². The van der Waals surface area contributed by atoms with Gasteiger partial charge in [-0.25, -0.2) is 10.8 Å². The second-order valence-corrected chi connectivity index (χ2v) is 4.67. The Bertz CT molecular complexity index is 367. The first-order valence-electron chi connectivity index (χ1n) is 6.75. The Labute approximate surface area is 109 Å². The first kappa shape index (κ1) is 12.9. The zero-order valence-electron chi connectivity index (χ0n) is 10.8. The van der Waals surface area contributed by atoms with E-state index < -0.39 is 0 Å². The first-order valence-corrected chi connectivity index (χ1v) is 6.75. The molecular formula is C14H22N4. The summed E-state index contributed by atoms with van der Waals surface area (Å²) < 4.78 is 0. The Morgan fingerprint density at radius 3 is 2.22 bits per heavy atom. The molecule has 4 heteroatoms. The molecule has 0 unspecified atom stereocenters. The predicted molar refractivity (Wildman–Crippen MR) is 75.5 cm³/mol. The van der Waals surface area contributed by atoms with E-state index in [1.807, 2.05) is 30.3 Å². The molecule has 0 saturated carbocycles. The molecule has 98 valence electrons. The van der Waals surface area contributed by atoms with E-state index in [9.17, 15) is 0 Å². The maximum absolute atomic E-state index is 5.62. The minimum atomic E-state index is 0.781. The molecule has 1 aromatic rings. The van der Waals surface area contributed by atoms with Crippen LogP contribution in [0.1, 0.15) is 32.1 Å². The molecule has 1 fully saturated rings. The number of rotatable bonds is 1. The third-order valence-electron chi connectivity index (χ3n) is 3.28. The van der Waals surface area contributed by atoms with Gasteiger partial charge in [-0.2, -0.15) is 0 Å². The number of hydrogen-bond acceptors (Lipinski definition) is 2. The number of nitrogens with two attached hydrogens (primary N) is 1. The topological polar surface area (TPSA) is 53.6 Å². The summed E-state index contributed by atoms with van der Waals surface area (Å²) in [4.78, 5) is 6.84. The molecule has 3 N–H and O–H groups in total. The van der Waals surface area contributed by atoms with Gasteiger partial charge in [0.1, 0.15) is 0 Å². The molecule has 0 radical (unpaired) electrons. The zero-order valence-corrected chi connectivity index (χ0v) is 10.8. The van der Waals surface area contributed by atoms with Crippen molar-refractivity contribution in [3.8, 4) is 0 Å². The first-order chi connectivity index (χ1) is 8.90. The molecule has 0 bridgehead atoms. The van der Waals surface area contributed by atoms with Crippen molar-refractivity contribution in [2.75, 3.05) is 13.1 Å². The molecule has 18 heavy (non-hydrogen) atoms. The Morgan fingerprint density at radius 2 is 1.61 bits per heavy atom. The van der Waals surface area contributed by atoms with Crippen LogP contribution in [0.5, 0.6) is 0 Å². The van der Waals surface area contributed by atoms with Crippen molar-refractivity contribution in [3.63, 3.8) is 0 Å². The highest BCUT2D eigenvalue weighted by atomic mass is 15.4. The second kappa shape index (κ2) is 7.01. The number of hydrazine groups is 1. The van der Waals surface area contributed by atoms with Gasteiger partial charge in [-0.3, -0.25) is 5.43 Å². The van der Waals surface area contributed by atoms with Gasteiger partial charge in [0.25, 0.3) is 0 Å². The molecule has 1 aliphatic rings. The summed E-state index contributed by atoms with van der Waals surface area (Å²) in [6, 6.07) is 9.94. The smallest absolute Gasteiger partial charge is 0.213 e. The number of para-hydroxylation sites is 1. The Morgan fingerprint density at radius 1 is 1.00 bits per heavy atom.